The number of nitrogens with two attached hydrogens (primary N) is 1. The Balaban J connectivity index is 1.98. The Labute approximate surface area is 129 Å². The molecule has 0 saturated carbocycles. The molecule has 2 aromatic rings. The standard InChI is InChI=1S/C16H18ClN3O/c1-20(11-13-3-2-4-15(17)9-13)10-12-5-7-14(8-6-12)16(18)19-21/h2-9,21H,10-11H2,1H3,(H2,18,19). The van der Waals surface area contributed by atoms with Crippen LogP contribution in [0, 0.1) is 0 Å². The fourth-order valence-electron chi connectivity index (χ4n) is 2.15. The summed E-state index contributed by atoms with van der Waals surface area (Å²) in [6.45, 7) is 1.63. The first-order valence-electron chi connectivity index (χ1n) is 6.58. The molecule has 5 heteroatoms. The summed E-state index contributed by atoms with van der Waals surface area (Å²) in [4.78, 5) is 2.20. The van der Waals surface area contributed by atoms with Crippen LogP contribution in [0.3, 0.4) is 0 Å². The maximum absolute atomic E-state index is 8.63. The molecular weight excluding hydrogens is 286 g/mol. The zero-order valence-electron chi connectivity index (χ0n) is 11.8. The monoisotopic (exact) mass is 303 g/mol. The van der Waals surface area contributed by atoms with Crippen LogP contribution in [-0.4, -0.2) is 23.0 Å². The number of oxime groups is 1. The molecule has 0 amide bonds. The van der Waals surface area contributed by atoms with Gasteiger partial charge in [-0.25, -0.2) is 0 Å². The molecule has 3 N–H and O–H groups in total. The van der Waals surface area contributed by atoms with Gasteiger partial charge in [0.05, 0.1) is 0 Å². The van der Waals surface area contributed by atoms with E-state index < -0.39 is 0 Å². The third-order valence-corrected chi connectivity index (χ3v) is 3.39. The van der Waals surface area contributed by atoms with Gasteiger partial charge >= 0.3 is 0 Å². The number of nitrogens with zero attached hydrogens (tertiary/aromatic N) is 2. The molecule has 0 aliphatic carbocycles. The van der Waals surface area contributed by atoms with Crippen LogP contribution in [0.5, 0.6) is 0 Å². The minimum absolute atomic E-state index is 0.119. The van der Waals surface area contributed by atoms with E-state index in [-0.39, 0.29) is 5.84 Å². The highest BCUT2D eigenvalue weighted by atomic mass is 35.5. The van der Waals surface area contributed by atoms with Gasteiger partial charge in [0, 0.05) is 23.7 Å². The Kier molecular flexibility index (Phi) is 5.20. The van der Waals surface area contributed by atoms with E-state index in [2.05, 4.69) is 23.2 Å². The van der Waals surface area contributed by atoms with Crippen molar-refractivity contribution < 1.29 is 5.21 Å². The zero-order valence-corrected chi connectivity index (χ0v) is 12.6. The summed E-state index contributed by atoms with van der Waals surface area (Å²) in [7, 11) is 2.05. The van der Waals surface area contributed by atoms with Crippen molar-refractivity contribution in [1.82, 2.24) is 4.90 Å². The van der Waals surface area contributed by atoms with Gasteiger partial charge in [0.15, 0.2) is 5.84 Å². The third kappa shape index (κ3) is 4.48. The van der Waals surface area contributed by atoms with Crippen molar-refractivity contribution in [2.75, 3.05) is 7.05 Å². The van der Waals surface area contributed by atoms with Crippen LogP contribution in [0.4, 0.5) is 0 Å². The minimum Gasteiger partial charge on any atom is -0.409 e. The van der Waals surface area contributed by atoms with E-state index in [1.165, 1.54) is 5.56 Å². The largest absolute Gasteiger partial charge is 0.409 e. The lowest BCUT2D eigenvalue weighted by atomic mass is 10.1. The lowest BCUT2D eigenvalue weighted by molar-refractivity contribution is 0.318. The maximum atomic E-state index is 8.63. The van der Waals surface area contributed by atoms with Crippen LogP contribution >= 0.6 is 11.6 Å². The predicted molar refractivity (Wildman–Crippen MR) is 85.6 cm³/mol. The number of hydrogen-bond donors (Lipinski definition) is 2. The molecule has 21 heavy (non-hydrogen) atoms. The lowest BCUT2D eigenvalue weighted by Crippen LogP contribution is -2.17. The van der Waals surface area contributed by atoms with Crippen molar-refractivity contribution in [1.29, 1.82) is 0 Å². The van der Waals surface area contributed by atoms with Gasteiger partial charge in [-0.1, -0.05) is 53.2 Å². The van der Waals surface area contributed by atoms with Gasteiger partial charge in [-0.2, -0.15) is 0 Å². The first-order valence-corrected chi connectivity index (χ1v) is 6.96. The normalized spacial score (nSPS) is 11.9. The smallest absolute Gasteiger partial charge is 0.170 e. The van der Waals surface area contributed by atoms with Crippen LogP contribution in [-0.2, 0) is 13.1 Å². The van der Waals surface area contributed by atoms with Gasteiger partial charge < -0.3 is 10.9 Å². The Hall–Kier alpha value is -2.04. The molecule has 0 unspecified atom stereocenters. The summed E-state index contributed by atoms with van der Waals surface area (Å²) in [5, 5.41) is 12.4. The highest BCUT2D eigenvalue weighted by molar-refractivity contribution is 6.30. The van der Waals surface area contributed by atoms with E-state index in [9.17, 15) is 0 Å². The Morgan fingerprint density at radius 3 is 2.43 bits per heavy atom. The number of amidine groups is 1. The van der Waals surface area contributed by atoms with Crippen molar-refractivity contribution in [2.45, 2.75) is 13.1 Å². The molecule has 0 radical (unpaired) electrons. The van der Waals surface area contributed by atoms with Crippen molar-refractivity contribution >= 4 is 17.4 Å². The molecule has 0 fully saturated rings. The molecule has 4 nitrogen and oxygen atoms in total. The summed E-state index contributed by atoms with van der Waals surface area (Å²) in [6, 6.07) is 15.5. The summed E-state index contributed by atoms with van der Waals surface area (Å²) in [5.74, 6) is 0.119. The number of benzene rings is 2. The fourth-order valence-corrected chi connectivity index (χ4v) is 2.37. The molecule has 110 valence electrons. The Bertz CT molecular complexity index is 626. The summed E-state index contributed by atoms with van der Waals surface area (Å²) < 4.78 is 0. The maximum Gasteiger partial charge on any atom is 0.170 e. The summed E-state index contributed by atoms with van der Waals surface area (Å²) in [5.41, 5.74) is 8.59. The zero-order chi connectivity index (χ0) is 15.2. The third-order valence-electron chi connectivity index (χ3n) is 3.15. The van der Waals surface area contributed by atoms with Crippen LogP contribution in [0.15, 0.2) is 53.7 Å². The Morgan fingerprint density at radius 1 is 1.14 bits per heavy atom. The first-order chi connectivity index (χ1) is 10.1. The molecule has 2 rings (SSSR count). The molecular formula is C16H18ClN3O. The highest BCUT2D eigenvalue weighted by Crippen LogP contribution is 2.14. The average Bonchev–Trinajstić information content (AvgIpc) is 2.47. The molecule has 0 saturated heterocycles. The van der Waals surface area contributed by atoms with E-state index in [0.717, 1.165) is 23.7 Å². The van der Waals surface area contributed by atoms with Crippen LogP contribution in [0.25, 0.3) is 0 Å². The van der Waals surface area contributed by atoms with E-state index >= 15 is 0 Å². The van der Waals surface area contributed by atoms with E-state index in [0.29, 0.717) is 5.56 Å². The summed E-state index contributed by atoms with van der Waals surface area (Å²) in [6.07, 6.45) is 0. The van der Waals surface area contributed by atoms with Gasteiger partial charge in [0.1, 0.15) is 0 Å². The highest BCUT2D eigenvalue weighted by Gasteiger charge is 2.04. The number of rotatable bonds is 5. The topological polar surface area (TPSA) is 61.8 Å². The van der Waals surface area contributed by atoms with E-state index in [1.807, 2.05) is 42.5 Å². The van der Waals surface area contributed by atoms with E-state index in [4.69, 9.17) is 22.5 Å². The second-order valence-electron chi connectivity index (χ2n) is 4.98. The van der Waals surface area contributed by atoms with Crippen molar-refractivity contribution in [3.05, 3.63) is 70.2 Å². The van der Waals surface area contributed by atoms with Crippen LogP contribution < -0.4 is 5.73 Å². The van der Waals surface area contributed by atoms with Gasteiger partial charge in [-0.15, -0.1) is 0 Å². The average molecular weight is 304 g/mol. The molecule has 0 aliphatic heterocycles. The minimum atomic E-state index is 0.119. The molecule has 2 aromatic carbocycles. The first kappa shape index (κ1) is 15.4. The summed E-state index contributed by atoms with van der Waals surface area (Å²) >= 11 is 5.99. The van der Waals surface area contributed by atoms with Crippen molar-refractivity contribution in [3.8, 4) is 0 Å². The van der Waals surface area contributed by atoms with Gasteiger partial charge in [-0.05, 0) is 30.3 Å². The van der Waals surface area contributed by atoms with Gasteiger partial charge in [0.2, 0.25) is 0 Å². The molecule has 0 bridgehead atoms. The van der Waals surface area contributed by atoms with Gasteiger partial charge in [-0.3, -0.25) is 4.90 Å². The second-order valence-corrected chi connectivity index (χ2v) is 5.42. The fraction of sp³-hybridized carbons (Fsp3) is 0.188. The predicted octanol–water partition coefficient (Wildman–Crippen LogP) is 3.07. The number of hydrogen-bond acceptors (Lipinski definition) is 3. The SMILES string of the molecule is CN(Cc1ccc(C(N)=NO)cc1)Cc1cccc(Cl)c1. The van der Waals surface area contributed by atoms with Gasteiger partial charge in [0.25, 0.3) is 0 Å². The lowest BCUT2D eigenvalue weighted by Gasteiger charge is -2.17. The molecule has 0 aromatic heterocycles. The molecule has 0 atom stereocenters. The van der Waals surface area contributed by atoms with Crippen molar-refractivity contribution in [2.24, 2.45) is 10.9 Å². The van der Waals surface area contributed by atoms with Crippen molar-refractivity contribution in [3.63, 3.8) is 0 Å². The van der Waals surface area contributed by atoms with Crippen LogP contribution in [0.1, 0.15) is 16.7 Å². The van der Waals surface area contributed by atoms with E-state index in [1.54, 1.807) is 0 Å². The number of halogens is 1. The Morgan fingerprint density at radius 2 is 1.81 bits per heavy atom. The van der Waals surface area contributed by atoms with Crippen LogP contribution in [0.2, 0.25) is 5.02 Å². The molecule has 0 aliphatic rings. The molecule has 0 heterocycles. The quantitative estimate of drug-likeness (QED) is 0.386. The molecule has 0 spiro atoms. The second kappa shape index (κ2) is 7.11.